The first-order valence-electron chi connectivity index (χ1n) is 8.22. The number of aliphatic hydroxyl groups excluding tert-OH is 1. The maximum Gasteiger partial charge on any atom is 0.182 e. The van der Waals surface area contributed by atoms with Gasteiger partial charge in [0.2, 0.25) is 0 Å². The van der Waals surface area contributed by atoms with E-state index in [1.807, 2.05) is 10.9 Å². The summed E-state index contributed by atoms with van der Waals surface area (Å²) in [6, 6.07) is 0. The van der Waals surface area contributed by atoms with Crippen molar-refractivity contribution in [1.82, 2.24) is 34.9 Å². The Morgan fingerprint density at radius 1 is 1.29 bits per heavy atom. The average molecular weight is 328 g/mol. The van der Waals surface area contributed by atoms with Crippen molar-refractivity contribution in [3.8, 4) is 0 Å². The Kier molecular flexibility index (Phi) is 4.08. The molecule has 3 aromatic heterocycles. The lowest BCUT2D eigenvalue weighted by molar-refractivity contribution is 0.298. The van der Waals surface area contributed by atoms with E-state index in [2.05, 4.69) is 35.1 Å². The Morgan fingerprint density at radius 2 is 2.25 bits per heavy atom. The highest BCUT2D eigenvalue weighted by atomic mass is 16.3. The summed E-state index contributed by atoms with van der Waals surface area (Å²) in [5.74, 6) is 1.40. The van der Waals surface area contributed by atoms with Crippen molar-refractivity contribution in [2.45, 2.75) is 25.8 Å². The van der Waals surface area contributed by atoms with Crippen LogP contribution < -0.4 is 4.90 Å². The van der Waals surface area contributed by atoms with Crippen LogP contribution in [0.4, 0.5) is 5.82 Å². The minimum Gasteiger partial charge on any atom is -0.396 e. The van der Waals surface area contributed by atoms with E-state index in [0.717, 1.165) is 49.5 Å². The van der Waals surface area contributed by atoms with Gasteiger partial charge in [-0.3, -0.25) is 4.68 Å². The second-order valence-electron chi connectivity index (χ2n) is 6.16. The number of aromatic amines is 1. The third-order valence-corrected chi connectivity index (χ3v) is 4.42. The summed E-state index contributed by atoms with van der Waals surface area (Å²) in [5.41, 5.74) is 2.43. The molecule has 1 fully saturated rings. The van der Waals surface area contributed by atoms with E-state index in [1.54, 1.807) is 12.7 Å². The van der Waals surface area contributed by atoms with Gasteiger partial charge in [0.05, 0.1) is 12.0 Å². The molecular formula is C15H20N8O. The average Bonchev–Trinajstić information content (AvgIpc) is 3.24. The van der Waals surface area contributed by atoms with Crippen LogP contribution in [0.1, 0.15) is 18.5 Å². The molecule has 4 rings (SSSR count). The largest absolute Gasteiger partial charge is 0.396 e. The number of imidazole rings is 1. The summed E-state index contributed by atoms with van der Waals surface area (Å²) in [6.07, 6.45) is 7.97. The second-order valence-corrected chi connectivity index (χ2v) is 6.16. The van der Waals surface area contributed by atoms with Crippen LogP contribution in [0.5, 0.6) is 0 Å². The van der Waals surface area contributed by atoms with E-state index in [-0.39, 0.29) is 6.61 Å². The van der Waals surface area contributed by atoms with E-state index >= 15 is 0 Å². The van der Waals surface area contributed by atoms with Crippen molar-refractivity contribution in [3.05, 3.63) is 24.5 Å². The molecule has 2 N–H and O–H groups in total. The fraction of sp³-hybridized carbons (Fsp3) is 0.533. The van der Waals surface area contributed by atoms with Gasteiger partial charge in [-0.15, -0.1) is 5.10 Å². The van der Waals surface area contributed by atoms with Crippen LogP contribution in [0.3, 0.4) is 0 Å². The molecule has 1 aliphatic heterocycles. The van der Waals surface area contributed by atoms with Gasteiger partial charge in [-0.1, -0.05) is 5.21 Å². The molecule has 1 atom stereocenters. The van der Waals surface area contributed by atoms with E-state index in [4.69, 9.17) is 5.11 Å². The summed E-state index contributed by atoms with van der Waals surface area (Å²) in [4.78, 5) is 18.3. The van der Waals surface area contributed by atoms with Crippen LogP contribution in [0.15, 0.2) is 18.9 Å². The van der Waals surface area contributed by atoms with Crippen LogP contribution in [0.2, 0.25) is 0 Å². The molecule has 24 heavy (non-hydrogen) atoms. The topological polar surface area (TPSA) is 109 Å². The normalized spacial score (nSPS) is 18.4. The van der Waals surface area contributed by atoms with Gasteiger partial charge in [0.1, 0.15) is 11.8 Å². The minimum atomic E-state index is 0.101. The molecule has 0 aliphatic carbocycles. The molecule has 3 aromatic rings. The summed E-state index contributed by atoms with van der Waals surface area (Å²) < 4.78 is 1.88. The van der Waals surface area contributed by atoms with Crippen LogP contribution in [0, 0.1) is 5.92 Å². The first-order chi connectivity index (χ1) is 11.8. The van der Waals surface area contributed by atoms with Crippen molar-refractivity contribution in [1.29, 1.82) is 0 Å². The molecule has 0 spiro atoms. The Labute approximate surface area is 138 Å². The van der Waals surface area contributed by atoms with Gasteiger partial charge < -0.3 is 15.0 Å². The SMILES string of the molecule is OCCc1cn(C[C@H]2CCCN(c3ncnc4nc[nH]c34)C2)nn1. The number of fused-ring (bicyclic) bond motifs is 1. The van der Waals surface area contributed by atoms with Crippen molar-refractivity contribution in [2.75, 3.05) is 24.6 Å². The predicted molar refractivity (Wildman–Crippen MR) is 87.4 cm³/mol. The zero-order valence-electron chi connectivity index (χ0n) is 13.3. The smallest absolute Gasteiger partial charge is 0.182 e. The van der Waals surface area contributed by atoms with Crippen molar-refractivity contribution >= 4 is 17.0 Å². The van der Waals surface area contributed by atoms with Crippen LogP contribution in [0.25, 0.3) is 11.2 Å². The molecule has 4 heterocycles. The first-order valence-corrected chi connectivity index (χ1v) is 8.22. The molecule has 9 nitrogen and oxygen atoms in total. The van der Waals surface area contributed by atoms with E-state index in [0.29, 0.717) is 18.0 Å². The number of H-pyrrole nitrogens is 1. The number of nitrogens with zero attached hydrogens (tertiary/aromatic N) is 7. The number of anilines is 1. The third-order valence-electron chi connectivity index (χ3n) is 4.42. The first kappa shape index (κ1) is 15.0. The van der Waals surface area contributed by atoms with Crippen LogP contribution in [-0.2, 0) is 13.0 Å². The highest BCUT2D eigenvalue weighted by Gasteiger charge is 2.23. The third kappa shape index (κ3) is 2.94. The Bertz CT molecular complexity index is 813. The molecule has 0 amide bonds. The lowest BCUT2D eigenvalue weighted by Crippen LogP contribution is -2.37. The van der Waals surface area contributed by atoms with Crippen molar-refractivity contribution in [2.24, 2.45) is 5.92 Å². The summed E-state index contributed by atoms with van der Waals surface area (Å²) in [6.45, 7) is 2.82. The molecule has 0 saturated carbocycles. The number of nitrogens with one attached hydrogen (secondary N) is 1. The van der Waals surface area contributed by atoms with Gasteiger partial charge in [-0.2, -0.15) is 0 Å². The lowest BCUT2D eigenvalue weighted by Gasteiger charge is -2.33. The molecular weight excluding hydrogens is 308 g/mol. The maximum atomic E-state index is 8.98. The van der Waals surface area contributed by atoms with Crippen molar-refractivity contribution in [3.63, 3.8) is 0 Å². The van der Waals surface area contributed by atoms with Gasteiger partial charge in [-0.05, 0) is 18.8 Å². The number of rotatable bonds is 5. The Morgan fingerprint density at radius 3 is 3.17 bits per heavy atom. The number of aromatic nitrogens is 7. The van der Waals surface area contributed by atoms with E-state index in [9.17, 15) is 0 Å². The molecule has 0 aromatic carbocycles. The summed E-state index contributed by atoms with van der Waals surface area (Å²) in [7, 11) is 0. The zero-order valence-corrected chi connectivity index (χ0v) is 13.3. The van der Waals surface area contributed by atoms with Gasteiger partial charge in [-0.25, -0.2) is 15.0 Å². The zero-order chi connectivity index (χ0) is 16.4. The van der Waals surface area contributed by atoms with Gasteiger partial charge >= 0.3 is 0 Å². The fourth-order valence-electron chi connectivity index (χ4n) is 3.32. The van der Waals surface area contributed by atoms with Crippen molar-refractivity contribution < 1.29 is 5.11 Å². The molecule has 126 valence electrons. The molecule has 0 radical (unpaired) electrons. The van der Waals surface area contributed by atoms with Gasteiger partial charge in [0, 0.05) is 38.9 Å². The van der Waals surface area contributed by atoms with Gasteiger partial charge in [0.15, 0.2) is 11.5 Å². The number of piperidine rings is 1. The summed E-state index contributed by atoms with van der Waals surface area (Å²) in [5, 5.41) is 17.2. The molecule has 9 heteroatoms. The second kappa shape index (κ2) is 6.52. The standard InChI is InChI=1S/C15H20N8O/c24-5-3-12-8-23(21-20-12)7-11-2-1-4-22(6-11)15-13-14(17-9-16-13)18-10-19-15/h8-11,24H,1-7H2,(H,16,17,18,19)/t11-/m0/s1. The number of hydrogen-bond donors (Lipinski definition) is 2. The minimum absolute atomic E-state index is 0.101. The van der Waals surface area contributed by atoms with Crippen LogP contribution in [-0.4, -0.2) is 59.7 Å². The molecule has 0 unspecified atom stereocenters. The maximum absolute atomic E-state index is 8.98. The van der Waals surface area contributed by atoms with Crippen LogP contribution >= 0.6 is 0 Å². The highest BCUT2D eigenvalue weighted by molar-refractivity contribution is 5.82. The van der Waals surface area contributed by atoms with Gasteiger partial charge in [0.25, 0.3) is 0 Å². The molecule has 1 saturated heterocycles. The summed E-state index contributed by atoms with van der Waals surface area (Å²) >= 11 is 0. The number of hydrogen-bond acceptors (Lipinski definition) is 7. The molecule has 1 aliphatic rings. The number of aliphatic hydroxyl groups is 1. The van der Waals surface area contributed by atoms with E-state index < -0.39 is 0 Å². The Hall–Kier alpha value is -2.55. The monoisotopic (exact) mass is 328 g/mol. The molecule has 0 bridgehead atoms. The lowest BCUT2D eigenvalue weighted by atomic mass is 9.98. The Balaban J connectivity index is 1.48. The van der Waals surface area contributed by atoms with E-state index in [1.165, 1.54) is 0 Å². The predicted octanol–water partition coefficient (Wildman–Crippen LogP) is 0.396. The fourth-order valence-corrected chi connectivity index (χ4v) is 3.32. The quantitative estimate of drug-likeness (QED) is 0.697. The highest BCUT2D eigenvalue weighted by Crippen LogP contribution is 2.26.